The molecule has 0 bridgehead atoms. The van der Waals surface area contributed by atoms with Gasteiger partial charge in [-0.15, -0.1) is 0 Å². The minimum Gasteiger partial charge on any atom is -0.456 e. The molecule has 3 heteroatoms. The first-order chi connectivity index (χ1) is 30.1. The maximum absolute atomic E-state index is 14.1. The molecule has 11 aromatic rings. The van der Waals surface area contributed by atoms with E-state index in [-0.39, 0.29) is 5.82 Å². The molecule has 0 amide bonds. The molecule has 0 aliphatic carbocycles. The van der Waals surface area contributed by atoms with Crippen molar-refractivity contribution in [3.05, 3.63) is 236 Å². The Kier molecular flexibility index (Phi) is 9.05. The standard InChI is InChI=1S/C58H38FNO/c59-48-32-29-42(30-33-48)52-22-9-13-43-14-10-23-53(58(43)52)47-17-8-20-51(37-47)60(49-18-6-15-44(35-49)41-27-25-40(26-28-41)39-11-2-1-3-12-39)50-19-7-16-45(36-50)46-31-34-55-54-21-4-5-24-56(54)61-57(55)38-46/h1-38H. The molecule has 1 aromatic heterocycles. The van der Waals surface area contributed by atoms with E-state index in [2.05, 4.69) is 193 Å². The summed E-state index contributed by atoms with van der Waals surface area (Å²) < 4.78 is 20.4. The zero-order chi connectivity index (χ0) is 40.7. The normalized spacial score (nSPS) is 11.4. The Hall–Kier alpha value is -8.01. The fourth-order valence-corrected chi connectivity index (χ4v) is 8.75. The van der Waals surface area contributed by atoms with Gasteiger partial charge in [-0.25, -0.2) is 4.39 Å². The van der Waals surface area contributed by atoms with Crippen molar-refractivity contribution in [2.24, 2.45) is 0 Å². The van der Waals surface area contributed by atoms with Crippen LogP contribution in [0.3, 0.4) is 0 Å². The van der Waals surface area contributed by atoms with Gasteiger partial charge in [-0.1, -0.05) is 164 Å². The lowest BCUT2D eigenvalue weighted by Crippen LogP contribution is -2.10. The summed E-state index contributed by atoms with van der Waals surface area (Å²) in [5.41, 5.74) is 15.9. The molecule has 0 saturated carbocycles. The number of rotatable bonds is 8. The second kappa shape index (κ2) is 15.3. The van der Waals surface area contributed by atoms with Crippen LogP contribution in [0.25, 0.3) is 88.3 Å². The molecule has 0 saturated heterocycles. The summed E-state index contributed by atoms with van der Waals surface area (Å²) in [6, 6.07) is 79.9. The van der Waals surface area contributed by atoms with Gasteiger partial charge >= 0.3 is 0 Å². The van der Waals surface area contributed by atoms with E-state index in [4.69, 9.17) is 4.42 Å². The average molecular weight is 784 g/mol. The summed E-state index contributed by atoms with van der Waals surface area (Å²) in [5, 5.41) is 4.49. The van der Waals surface area contributed by atoms with Gasteiger partial charge < -0.3 is 9.32 Å². The second-order valence-electron chi connectivity index (χ2n) is 15.5. The third-order valence-electron chi connectivity index (χ3n) is 11.7. The van der Waals surface area contributed by atoms with Gasteiger partial charge in [0.05, 0.1) is 0 Å². The van der Waals surface area contributed by atoms with Crippen molar-refractivity contribution >= 4 is 49.8 Å². The van der Waals surface area contributed by atoms with E-state index in [9.17, 15) is 4.39 Å². The van der Waals surface area contributed by atoms with Crippen LogP contribution >= 0.6 is 0 Å². The minimum atomic E-state index is -0.246. The molecule has 61 heavy (non-hydrogen) atoms. The zero-order valence-electron chi connectivity index (χ0n) is 33.2. The number of halogens is 1. The summed E-state index contributed by atoms with van der Waals surface area (Å²) in [6.07, 6.45) is 0. The molecular formula is C58H38FNO. The van der Waals surface area contributed by atoms with Crippen molar-refractivity contribution in [2.75, 3.05) is 4.90 Å². The summed E-state index contributed by atoms with van der Waals surface area (Å²) in [5.74, 6) is -0.246. The molecule has 0 spiro atoms. The quantitative estimate of drug-likeness (QED) is 0.153. The Bertz CT molecular complexity index is 3360. The predicted molar refractivity (Wildman–Crippen MR) is 253 cm³/mol. The maximum Gasteiger partial charge on any atom is 0.136 e. The van der Waals surface area contributed by atoms with E-state index < -0.39 is 0 Å². The van der Waals surface area contributed by atoms with Gasteiger partial charge in [-0.2, -0.15) is 0 Å². The molecule has 10 aromatic carbocycles. The van der Waals surface area contributed by atoms with Crippen molar-refractivity contribution in [3.8, 4) is 55.6 Å². The third kappa shape index (κ3) is 6.82. The van der Waals surface area contributed by atoms with Gasteiger partial charge in [-0.3, -0.25) is 0 Å². The van der Waals surface area contributed by atoms with Gasteiger partial charge in [0.25, 0.3) is 0 Å². The topological polar surface area (TPSA) is 16.4 Å². The molecule has 11 rings (SSSR count). The Labute approximate surface area is 354 Å². The Morgan fingerprint density at radius 3 is 1.46 bits per heavy atom. The number of para-hydroxylation sites is 1. The van der Waals surface area contributed by atoms with E-state index >= 15 is 0 Å². The van der Waals surface area contributed by atoms with Crippen molar-refractivity contribution in [1.29, 1.82) is 0 Å². The molecule has 0 radical (unpaired) electrons. The number of hydrogen-bond acceptors (Lipinski definition) is 2. The van der Waals surface area contributed by atoms with Gasteiger partial charge in [0.15, 0.2) is 0 Å². The van der Waals surface area contributed by atoms with Crippen LogP contribution in [0.15, 0.2) is 235 Å². The number of nitrogens with zero attached hydrogens (tertiary/aromatic N) is 1. The average Bonchev–Trinajstić information content (AvgIpc) is 3.70. The van der Waals surface area contributed by atoms with Crippen LogP contribution in [0.2, 0.25) is 0 Å². The van der Waals surface area contributed by atoms with Crippen molar-refractivity contribution in [3.63, 3.8) is 0 Å². The first-order valence-electron chi connectivity index (χ1n) is 20.6. The summed E-state index contributed by atoms with van der Waals surface area (Å²) in [6.45, 7) is 0. The molecule has 0 atom stereocenters. The fraction of sp³-hybridized carbons (Fsp3) is 0. The van der Waals surface area contributed by atoms with Crippen LogP contribution in [0.1, 0.15) is 0 Å². The van der Waals surface area contributed by atoms with Crippen LogP contribution in [0, 0.1) is 5.82 Å². The van der Waals surface area contributed by atoms with E-state index in [0.717, 1.165) is 94.3 Å². The maximum atomic E-state index is 14.1. The Morgan fingerprint density at radius 2 is 0.770 bits per heavy atom. The first-order valence-corrected chi connectivity index (χ1v) is 20.6. The van der Waals surface area contributed by atoms with Crippen molar-refractivity contribution in [2.45, 2.75) is 0 Å². The highest BCUT2D eigenvalue weighted by molar-refractivity contribution is 6.07. The first kappa shape index (κ1) is 36.1. The van der Waals surface area contributed by atoms with Crippen molar-refractivity contribution in [1.82, 2.24) is 0 Å². The highest BCUT2D eigenvalue weighted by Gasteiger charge is 2.18. The highest BCUT2D eigenvalue weighted by atomic mass is 19.1. The molecule has 2 nitrogen and oxygen atoms in total. The van der Waals surface area contributed by atoms with Crippen LogP contribution in [0.5, 0.6) is 0 Å². The summed E-state index contributed by atoms with van der Waals surface area (Å²) >= 11 is 0. The van der Waals surface area contributed by atoms with Crippen LogP contribution in [-0.4, -0.2) is 0 Å². The minimum absolute atomic E-state index is 0.246. The summed E-state index contributed by atoms with van der Waals surface area (Å²) in [4.78, 5) is 2.35. The summed E-state index contributed by atoms with van der Waals surface area (Å²) in [7, 11) is 0. The monoisotopic (exact) mass is 783 g/mol. The fourth-order valence-electron chi connectivity index (χ4n) is 8.75. The van der Waals surface area contributed by atoms with Gasteiger partial charge in [0, 0.05) is 27.8 Å². The number of benzene rings is 10. The lowest BCUT2D eigenvalue weighted by Gasteiger charge is -2.27. The molecule has 0 aliphatic heterocycles. The van der Waals surface area contributed by atoms with Crippen LogP contribution < -0.4 is 4.90 Å². The molecule has 0 unspecified atom stereocenters. The smallest absolute Gasteiger partial charge is 0.136 e. The van der Waals surface area contributed by atoms with E-state index in [1.54, 1.807) is 0 Å². The predicted octanol–water partition coefficient (Wildman–Crippen LogP) is 16.7. The number of furan rings is 1. The Morgan fingerprint density at radius 1 is 0.311 bits per heavy atom. The molecule has 288 valence electrons. The zero-order valence-corrected chi connectivity index (χ0v) is 33.2. The molecular weight excluding hydrogens is 746 g/mol. The van der Waals surface area contributed by atoms with Crippen molar-refractivity contribution < 1.29 is 8.81 Å². The van der Waals surface area contributed by atoms with Gasteiger partial charge in [0.2, 0.25) is 0 Å². The lowest BCUT2D eigenvalue weighted by atomic mass is 9.91. The Balaban J connectivity index is 1.05. The molecule has 0 N–H and O–H groups in total. The van der Waals surface area contributed by atoms with Gasteiger partial charge in [0.1, 0.15) is 17.0 Å². The molecule has 1 heterocycles. The lowest BCUT2D eigenvalue weighted by molar-refractivity contribution is 0.628. The number of anilines is 3. The SMILES string of the molecule is Fc1ccc(-c2cccc3cccc(-c4cccc(N(c5cccc(-c6ccc(-c7ccccc7)cc6)c5)c5cccc(-c6ccc7c(c6)oc6ccccc67)c5)c4)c23)cc1. The van der Waals surface area contributed by atoms with Gasteiger partial charge in [-0.05, 0) is 133 Å². The number of fused-ring (bicyclic) bond motifs is 4. The number of hydrogen-bond donors (Lipinski definition) is 0. The largest absolute Gasteiger partial charge is 0.456 e. The third-order valence-corrected chi connectivity index (χ3v) is 11.7. The highest BCUT2D eigenvalue weighted by Crippen LogP contribution is 2.43. The van der Waals surface area contributed by atoms with E-state index in [1.807, 2.05) is 30.3 Å². The molecule has 0 fully saturated rings. The van der Waals surface area contributed by atoms with E-state index in [0.29, 0.717) is 0 Å². The second-order valence-corrected chi connectivity index (χ2v) is 15.5. The molecule has 0 aliphatic rings. The van der Waals surface area contributed by atoms with E-state index in [1.165, 1.54) is 23.3 Å². The van der Waals surface area contributed by atoms with Crippen LogP contribution in [-0.2, 0) is 0 Å². The van der Waals surface area contributed by atoms with Crippen LogP contribution in [0.4, 0.5) is 21.5 Å².